The van der Waals surface area contributed by atoms with Crippen LogP contribution in [0.3, 0.4) is 0 Å². The van der Waals surface area contributed by atoms with Gasteiger partial charge < -0.3 is 24.3 Å². The molecule has 0 unspecified atom stereocenters. The van der Waals surface area contributed by atoms with Gasteiger partial charge in [0, 0.05) is 49.8 Å². The summed E-state index contributed by atoms with van der Waals surface area (Å²) in [7, 11) is 3.22. The third kappa shape index (κ3) is 6.72. The van der Waals surface area contributed by atoms with E-state index in [1.807, 2.05) is 30.3 Å². The van der Waals surface area contributed by atoms with Crippen LogP contribution in [0, 0.1) is 0 Å². The van der Waals surface area contributed by atoms with Gasteiger partial charge in [0.1, 0.15) is 12.4 Å². The van der Waals surface area contributed by atoms with Gasteiger partial charge in [-0.3, -0.25) is 9.78 Å². The topological polar surface area (TPSA) is 78.9 Å². The Balaban J connectivity index is 1.66. The van der Waals surface area contributed by atoms with Crippen molar-refractivity contribution in [1.29, 1.82) is 0 Å². The van der Waals surface area contributed by atoms with Gasteiger partial charge in [0.25, 0.3) is 5.91 Å². The quantitative estimate of drug-likeness (QED) is 0.463. The van der Waals surface area contributed by atoms with Gasteiger partial charge in [-0.05, 0) is 48.0 Å². The van der Waals surface area contributed by atoms with Crippen molar-refractivity contribution in [3.63, 3.8) is 0 Å². The van der Waals surface area contributed by atoms with Crippen molar-refractivity contribution in [2.45, 2.75) is 13.0 Å². The number of aromatic nitrogens is 1. The molecule has 0 atom stereocenters. The molecule has 3 rings (SSSR count). The van der Waals surface area contributed by atoms with Gasteiger partial charge in [-0.25, -0.2) is 0 Å². The molecule has 162 valence electrons. The van der Waals surface area contributed by atoms with Gasteiger partial charge in [0.15, 0.2) is 11.5 Å². The normalized spacial score (nSPS) is 10.4. The van der Waals surface area contributed by atoms with E-state index in [4.69, 9.17) is 18.9 Å². The Morgan fingerprint density at radius 2 is 1.77 bits per heavy atom. The maximum atomic E-state index is 12.8. The van der Waals surface area contributed by atoms with E-state index in [-0.39, 0.29) is 5.91 Å². The predicted octanol–water partition coefficient (Wildman–Crippen LogP) is 4.34. The van der Waals surface area contributed by atoms with Crippen LogP contribution in [0.25, 0.3) is 0 Å². The molecular formula is C24H26N2O5. The standard InChI is InChI=1S/C24H26N2O5/c1-28-13-4-14-30-21-6-3-5-20(16-21)26-24(27)19-7-8-22(29-2)23(15-19)31-17-18-9-11-25-12-10-18/h3,5-12,15-16H,4,13-14,17H2,1-2H3,(H,26,27). The molecule has 7 nitrogen and oxygen atoms in total. The number of hydrogen-bond donors (Lipinski definition) is 1. The maximum Gasteiger partial charge on any atom is 0.255 e. The largest absolute Gasteiger partial charge is 0.493 e. The SMILES string of the molecule is COCCCOc1cccc(NC(=O)c2ccc(OC)c(OCc3ccncc3)c2)c1. The molecule has 0 saturated carbocycles. The fourth-order valence-electron chi connectivity index (χ4n) is 2.83. The number of pyridine rings is 1. The third-order valence-corrected chi connectivity index (χ3v) is 4.42. The molecule has 0 bridgehead atoms. The smallest absolute Gasteiger partial charge is 0.255 e. The highest BCUT2D eigenvalue weighted by Gasteiger charge is 2.12. The van der Waals surface area contributed by atoms with E-state index in [1.54, 1.807) is 50.9 Å². The molecule has 0 radical (unpaired) electrons. The van der Waals surface area contributed by atoms with Gasteiger partial charge in [-0.1, -0.05) is 6.07 Å². The number of anilines is 1. The minimum atomic E-state index is -0.257. The van der Waals surface area contributed by atoms with Crippen LogP contribution in [0.4, 0.5) is 5.69 Å². The van der Waals surface area contributed by atoms with Crippen molar-refractivity contribution < 1.29 is 23.7 Å². The summed E-state index contributed by atoms with van der Waals surface area (Å²) in [6.07, 6.45) is 4.20. The second kappa shape index (κ2) is 11.6. The van der Waals surface area contributed by atoms with Crippen molar-refractivity contribution in [3.05, 3.63) is 78.1 Å². The van der Waals surface area contributed by atoms with Crippen LogP contribution < -0.4 is 19.5 Å². The van der Waals surface area contributed by atoms with E-state index < -0.39 is 0 Å². The predicted molar refractivity (Wildman–Crippen MR) is 118 cm³/mol. The fraction of sp³-hybridized carbons (Fsp3) is 0.250. The minimum absolute atomic E-state index is 0.257. The van der Waals surface area contributed by atoms with Crippen LogP contribution in [0.15, 0.2) is 67.0 Å². The molecule has 0 aliphatic heterocycles. The molecule has 1 aromatic heterocycles. The molecule has 0 aliphatic carbocycles. The molecule has 1 heterocycles. The summed E-state index contributed by atoms with van der Waals surface area (Å²) in [5.74, 6) is 1.47. The lowest BCUT2D eigenvalue weighted by Gasteiger charge is -2.13. The first-order valence-corrected chi connectivity index (χ1v) is 9.92. The zero-order valence-corrected chi connectivity index (χ0v) is 17.7. The number of carbonyl (C=O) groups is 1. The van der Waals surface area contributed by atoms with Crippen molar-refractivity contribution in [2.24, 2.45) is 0 Å². The number of amides is 1. The Labute approximate surface area is 181 Å². The molecule has 0 spiro atoms. The monoisotopic (exact) mass is 422 g/mol. The summed E-state index contributed by atoms with van der Waals surface area (Å²) in [5, 5.41) is 2.89. The lowest BCUT2D eigenvalue weighted by molar-refractivity contribution is 0.102. The number of carbonyl (C=O) groups excluding carboxylic acids is 1. The first-order chi connectivity index (χ1) is 15.2. The summed E-state index contributed by atoms with van der Waals surface area (Å²) in [6, 6.07) is 16.1. The molecule has 31 heavy (non-hydrogen) atoms. The fourth-order valence-corrected chi connectivity index (χ4v) is 2.83. The minimum Gasteiger partial charge on any atom is -0.493 e. The van der Waals surface area contributed by atoms with Crippen LogP contribution in [0.5, 0.6) is 17.2 Å². The molecule has 1 amide bonds. The Morgan fingerprint density at radius 1 is 0.935 bits per heavy atom. The second-order valence-corrected chi connectivity index (χ2v) is 6.69. The first-order valence-electron chi connectivity index (χ1n) is 9.92. The van der Waals surface area contributed by atoms with Crippen LogP contribution in [0.2, 0.25) is 0 Å². The summed E-state index contributed by atoms with van der Waals surface area (Å²) in [6.45, 7) is 1.52. The number of benzene rings is 2. The van der Waals surface area contributed by atoms with Gasteiger partial charge >= 0.3 is 0 Å². The van der Waals surface area contributed by atoms with Crippen molar-refractivity contribution in [2.75, 3.05) is 32.8 Å². The van der Waals surface area contributed by atoms with Crippen LogP contribution in [-0.4, -0.2) is 38.3 Å². The summed E-state index contributed by atoms with van der Waals surface area (Å²) >= 11 is 0. The third-order valence-electron chi connectivity index (χ3n) is 4.42. The first kappa shape index (κ1) is 22.1. The maximum absolute atomic E-state index is 12.8. The average Bonchev–Trinajstić information content (AvgIpc) is 2.81. The van der Waals surface area contributed by atoms with E-state index in [0.29, 0.717) is 48.3 Å². The van der Waals surface area contributed by atoms with Gasteiger partial charge in [-0.2, -0.15) is 0 Å². The van der Waals surface area contributed by atoms with Crippen molar-refractivity contribution in [1.82, 2.24) is 4.98 Å². The number of rotatable bonds is 11. The van der Waals surface area contributed by atoms with Gasteiger partial charge in [-0.15, -0.1) is 0 Å². The number of methoxy groups -OCH3 is 2. The highest BCUT2D eigenvalue weighted by molar-refractivity contribution is 6.04. The Morgan fingerprint density at radius 3 is 2.55 bits per heavy atom. The van der Waals surface area contributed by atoms with Gasteiger partial charge in [0.2, 0.25) is 0 Å². The molecular weight excluding hydrogens is 396 g/mol. The lowest BCUT2D eigenvalue weighted by Crippen LogP contribution is -2.12. The van der Waals surface area contributed by atoms with Gasteiger partial charge in [0.05, 0.1) is 13.7 Å². The highest BCUT2D eigenvalue weighted by atomic mass is 16.5. The van der Waals surface area contributed by atoms with E-state index >= 15 is 0 Å². The number of nitrogens with zero attached hydrogens (tertiary/aromatic N) is 1. The van der Waals surface area contributed by atoms with Crippen LogP contribution in [0.1, 0.15) is 22.3 Å². The molecule has 7 heteroatoms. The summed E-state index contributed by atoms with van der Waals surface area (Å²) in [4.78, 5) is 16.8. The molecule has 0 aliphatic rings. The second-order valence-electron chi connectivity index (χ2n) is 6.69. The van der Waals surface area contributed by atoms with E-state index in [0.717, 1.165) is 12.0 Å². The van der Waals surface area contributed by atoms with E-state index in [1.165, 1.54) is 0 Å². The number of hydrogen-bond acceptors (Lipinski definition) is 6. The van der Waals surface area contributed by atoms with Crippen molar-refractivity contribution in [3.8, 4) is 17.2 Å². The Hall–Kier alpha value is -3.58. The molecule has 3 aromatic rings. The van der Waals surface area contributed by atoms with Crippen molar-refractivity contribution >= 4 is 11.6 Å². The molecule has 0 fully saturated rings. The summed E-state index contributed by atoms with van der Waals surface area (Å²) in [5.41, 5.74) is 2.07. The van der Waals surface area contributed by atoms with Crippen LogP contribution >= 0.6 is 0 Å². The number of ether oxygens (including phenoxy) is 4. The Kier molecular flexibility index (Phi) is 8.25. The van der Waals surface area contributed by atoms with E-state index in [2.05, 4.69) is 10.3 Å². The average molecular weight is 422 g/mol. The van der Waals surface area contributed by atoms with Crippen LogP contribution in [-0.2, 0) is 11.3 Å². The van der Waals surface area contributed by atoms with E-state index in [9.17, 15) is 4.79 Å². The highest BCUT2D eigenvalue weighted by Crippen LogP contribution is 2.29. The zero-order valence-electron chi connectivity index (χ0n) is 17.7. The number of nitrogens with one attached hydrogen (secondary N) is 1. The summed E-state index contributed by atoms with van der Waals surface area (Å²) < 4.78 is 21.9. The Bertz CT molecular complexity index is 979. The molecule has 1 N–H and O–H groups in total. The molecule has 0 saturated heterocycles. The lowest BCUT2D eigenvalue weighted by atomic mass is 10.1. The zero-order chi connectivity index (χ0) is 21.9. The molecule has 2 aromatic carbocycles.